The summed E-state index contributed by atoms with van der Waals surface area (Å²) in [6, 6.07) is 3.96. The maximum Gasteiger partial charge on any atom is 0.128 e. The summed E-state index contributed by atoms with van der Waals surface area (Å²) in [4.78, 5) is 0. The topological polar surface area (TPSA) is 41.8 Å². The van der Waals surface area contributed by atoms with E-state index in [-0.39, 0.29) is 0 Å². The molecule has 0 aromatic heterocycles. The molecule has 0 bridgehead atoms. The Morgan fingerprint density at radius 1 is 1.36 bits per heavy atom. The van der Waals surface area contributed by atoms with Crippen LogP contribution in [-0.4, -0.2) is 18.0 Å². The molecule has 0 saturated carbocycles. The zero-order valence-electron chi connectivity index (χ0n) is 8.37. The quantitative estimate of drug-likeness (QED) is 0.545. The molecule has 0 unspecified atom stereocenters. The Morgan fingerprint density at radius 2 is 2.14 bits per heavy atom. The molecule has 0 heterocycles. The van der Waals surface area contributed by atoms with Crippen molar-refractivity contribution in [3.8, 4) is 5.75 Å². The molecule has 14 heavy (non-hydrogen) atoms. The minimum absolute atomic E-state index is 0.737. The lowest BCUT2D eigenvalue weighted by atomic mass is 10.0. The first-order valence-electron chi connectivity index (χ1n) is 4.65. The van der Waals surface area contributed by atoms with Crippen LogP contribution in [0.5, 0.6) is 5.75 Å². The second-order valence-corrected chi connectivity index (χ2v) is 3.48. The molecule has 0 radical (unpaired) electrons. The van der Waals surface area contributed by atoms with Crippen LogP contribution < -0.4 is 4.74 Å². The highest BCUT2D eigenvalue weighted by Gasteiger charge is 2.23. The first-order valence-corrected chi connectivity index (χ1v) is 4.65. The number of aryl methyl sites for hydroxylation is 1. The standard InChI is InChI=1S/C11H13NO2/c1-7-3-6-10(14-2)11-8(7)4-5-9(11)12-13/h3,6,13H,4-5H2,1-2H3. The van der Waals surface area contributed by atoms with Crippen LogP contribution in [0, 0.1) is 6.92 Å². The summed E-state index contributed by atoms with van der Waals surface area (Å²) in [5, 5.41) is 12.2. The maximum atomic E-state index is 8.86. The summed E-state index contributed by atoms with van der Waals surface area (Å²) in [6.45, 7) is 2.07. The van der Waals surface area contributed by atoms with Gasteiger partial charge in [-0.3, -0.25) is 0 Å². The number of fused-ring (bicyclic) bond motifs is 1. The smallest absolute Gasteiger partial charge is 0.128 e. The van der Waals surface area contributed by atoms with E-state index in [2.05, 4.69) is 12.1 Å². The average Bonchev–Trinajstić information content (AvgIpc) is 2.63. The van der Waals surface area contributed by atoms with E-state index in [1.807, 2.05) is 12.1 Å². The van der Waals surface area contributed by atoms with Gasteiger partial charge < -0.3 is 9.94 Å². The highest BCUT2D eigenvalue weighted by Crippen LogP contribution is 2.33. The van der Waals surface area contributed by atoms with Gasteiger partial charge in [-0.15, -0.1) is 0 Å². The Morgan fingerprint density at radius 3 is 2.79 bits per heavy atom. The molecule has 1 aliphatic carbocycles. The van der Waals surface area contributed by atoms with Gasteiger partial charge in [0.15, 0.2) is 0 Å². The minimum atomic E-state index is 0.737. The van der Waals surface area contributed by atoms with Crippen molar-refractivity contribution < 1.29 is 9.94 Å². The van der Waals surface area contributed by atoms with Crippen molar-refractivity contribution in [2.24, 2.45) is 5.16 Å². The van der Waals surface area contributed by atoms with Gasteiger partial charge in [-0.05, 0) is 37.0 Å². The summed E-state index contributed by atoms with van der Waals surface area (Å²) in [6.07, 6.45) is 1.74. The van der Waals surface area contributed by atoms with Gasteiger partial charge in [0.25, 0.3) is 0 Å². The van der Waals surface area contributed by atoms with E-state index in [0.29, 0.717) is 0 Å². The molecule has 1 aromatic carbocycles. The summed E-state index contributed by atoms with van der Waals surface area (Å²) in [5.41, 5.74) is 4.20. The lowest BCUT2D eigenvalue weighted by Crippen LogP contribution is -1.99. The van der Waals surface area contributed by atoms with Gasteiger partial charge >= 0.3 is 0 Å². The maximum absolute atomic E-state index is 8.86. The predicted molar refractivity (Wildman–Crippen MR) is 54.4 cm³/mol. The second-order valence-electron chi connectivity index (χ2n) is 3.48. The summed E-state index contributed by atoms with van der Waals surface area (Å²) in [7, 11) is 1.64. The Kier molecular flexibility index (Phi) is 2.15. The monoisotopic (exact) mass is 191 g/mol. The number of methoxy groups -OCH3 is 1. The molecule has 0 atom stereocenters. The number of hydrogen-bond acceptors (Lipinski definition) is 3. The van der Waals surface area contributed by atoms with E-state index >= 15 is 0 Å². The number of hydrogen-bond donors (Lipinski definition) is 1. The fourth-order valence-electron chi connectivity index (χ4n) is 2.01. The second kappa shape index (κ2) is 3.33. The van der Waals surface area contributed by atoms with E-state index in [4.69, 9.17) is 9.94 Å². The number of rotatable bonds is 1. The van der Waals surface area contributed by atoms with Crippen LogP contribution in [0.3, 0.4) is 0 Å². The van der Waals surface area contributed by atoms with Crippen LogP contribution >= 0.6 is 0 Å². The molecule has 0 fully saturated rings. The van der Waals surface area contributed by atoms with Gasteiger partial charge in [-0.1, -0.05) is 11.2 Å². The van der Waals surface area contributed by atoms with Crippen LogP contribution in [0.2, 0.25) is 0 Å². The first kappa shape index (κ1) is 9.06. The zero-order chi connectivity index (χ0) is 10.1. The lowest BCUT2D eigenvalue weighted by Gasteiger charge is -2.08. The molecule has 0 spiro atoms. The van der Waals surface area contributed by atoms with Crippen LogP contribution in [0.4, 0.5) is 0 Å². The van der Waals surface area contributed by atoms with E-state index in [0.717, 1.165) is 29.9 Å². The zero-order valence-corrected chi connectivity index (χ0v) is 8.37. The van der Waals surface area contributed by atoms with E-state index in [9.17, 15) is 0 Å². The van der Waals surface area contributed by atoms with Crippen molar-refractivity contribution >= 4 is 5.71 Å². The molecule has 3 nitrogen and oxygen atoms in total. The lowest BCUT2D eigenvalue weighted by molar-refractivity contribution is 0.318. The third-order valence-electron chi connectivity index (χ3n) is 2.75. The number of ether oxygens (including phenoxy) is 1. The molecule has 1 N–H and O–H groups in total. The summed E-state index contributed by atoms with van der Waals surface area (Å²) < 4.78 is 5.25. The predicted octanol–water partition coefficient (Wildman–Crippen LogP) is 2.13. The van der Waals surface area contributed by atoms with Crippen LogP contribution in [0.25, 0.3) is 0 Å². The highest BCUT2D eigenvalue weighted by atomic mass is 16.5. The van der Waals surface area contributed by atoms with E-state index in [1.54, 1.807) is 7.11 Å². The summed E-state index contributed by atoms with van der Waals surface area (Å²) >= 11 is 0. The molecule has 0 saturated heterocycles. The minimum Gasteiger partial charge on any atom is -0.496 e. The molecule has 0 aliphatic heterocycles. The first-order chi connectivity index (χ1) is 6.77. The van der Waals surface area contributed by atoms with Gasteiger partial charge in [0.05, 0.1) is 12.8 Å². The molecule has 2 rings (SSSR count). The molecule has 0 amide bonds. The van der Waals surface area contributed by atoms with E-state index in [1.165, 1.54) is 11.1 Å². The Labute approximate surface area is 83.0 Å². The average molecular weight is 191 g/mol. The number of nitrogens with zero attached hydrogens (tertiary/aromatic N) is 1. The molecule has 74 valence electrons. The largest absolute Gasteiger partial charge is 0.496 e. The van der Waals surface area contributed by atoms with Crippen molar-refractivity contribution in [2.75, 3.05) is 7.11 Å². The third-order valence-corrected chi connectivity index (χ3v) is 2.75. The number of benzene rings is 1. The van der Waals surface area contributed by atoms with Crippen molar-refractivity contribution in [1.29, 1.82) is 0 Å². The molecular formula is C11H13NO2. The van der Waals surface area contributed by atoms with E-state index < -0.39 is 0 Å². The van der Waals surface area contributed by atoms with Crippen LogP contribution in [-0.2, 0) is 6.42 Å². The fraction of sp³-hybridized carbons (Fsp3) is 0.364. The van der Waals surface area contributed by atoms with Gasteiger partial charge in [0, 0.05) is 5.56 Å². The SMILES string of the molecule is COc1ccc(C)c2c1C(=NO)CC2. The van der Waals surface area contributed by atoms with Crippen LogP contribution in [0.1, 0.15) is 23.1 Å². The van der Waals surface area contributed by atoms with Crippen molar-refractivity contribution in [3.63, 3.8) is 0 Å². The molecule has 1 aromatic rings. The van der Waals surface area contributed by atoms with Crippen molar-refractivity contribution in [1.82, 2.24) is 0 Å². The Bertz CT molecular complexity index is 397. The molecule has 3 heteroatoms. The van der Waals surface area contributed by atoms with Gasteiger partial charge in [-0.25, -0.2) is 0 Å². The third kappa shape index (κ3) is 1.16. The summed E-state index contributed by atoms with van der Waals surface area (Å²) in [5.74, 6) is 0.802. The molecule has 1 aliphatic rings. The Balaban J connectivity index is 2.66. The van der Waals surface area contributed by atoms with Gasteiger partial charge in [0.1, 0.15) is 5.75 Å². The highest BCUT2D eigenvalue weighted by molar-refractivity contribution is 6.06. The Hall–Kier alpha value is -1.51. The molecular weight excluding hydrogens is 178 g/mol. The normalized spacial score (nSPS) is 17.1. The van der Waals surface area contributed by atoms with Gasteiger partial charge in [0.2, 0.25) is 0 Å². The van der Waals surface area contributed by atoms with Crippen LogP contribution in [0.15, 0.2) is 17.3 Å². The number of oxime groups is 1. The van der Waals surface area contributed by atoms with Crippen molar-refractivity contribution in [3.05, 3.63) is 28.8 Å². The van der Waals surface area contributed by atoms with Crippen molar-refractivity contribution in [2.45, 2.75) is 19.8 Å². The van der Waals surface area contributed by atoms with Gasteiger partial charge in [-0.2, -0.15) is 0 Å². The fourth-order valence-corrected chi connectivity index (χ4v) is 2.01.